The molecule has 0 atom stereocenters. The average Bonchev–Trinajstić information content (AvgIpc) is 2.81. The number of amides is 2. The summed E-state index contributed by atoms with van der Waals surface area (Å²) in [6, 6.07) is 13.3. The Labute approximate surface area is 209 Å². The molecule has 6 nitrogen and oxygen atoms in total. The maximum absolute atomic E-state index is 12.7. The van der Waals surface area contributed by atoms with Crippen molar-refractivity contribution in [1.82, 2.24) is 9.97 Å². The maximum Gasteiger partial charge on any atom is 0.227 e. The van der Waals surface area contributed by atoms with Gasteiger partial charge in [0.2, 0.25) is 11.8 Å². The molecule has 3 aromatic rings. The van der Waals surface area contributed by atoms with Gasteiger partial charge in [0.1, 0.15) is 0 Å². The van der Waals surface area contributed by atoms with Gasteiger partial charge in [0, 0.05) is 40.6 Å². The van der Waals surface area contributed by atoms with Crippen LogP contribution in [0.15, 0.2) is 47.6 Å². The number of anilines is 2. The van der Waals surface area contributed by atoms with Crippen LogP contribution in [0.1, 0.15) is 40.9 Å². The van der Waals surface area contributed by atoms with E-state index in [1.807, 2.05) is 62.6 Å². The lowest BCUT2D eigenvalue weighted by Gasteiger charge is -2.30. The molecule has 0 saturated carbocycles. The number of nitrogens with one attached hydrogen (secondary N) is 1. The fourth-order valence-electron chi connectivity index (χ4n) is 4.21. The fraction of sp³-hybridized carbons (Fsp3) is 0.308. The summed E-state index contributed by atoms with van der Waals surface area (Å²) < 4.78 is 0. The molecule has 1 aromatic heterocycles. The Morgan fingerprint density at radius 1 is 1.09 bits per heavy atom. The van der Waals surface area contributed by atoms with Gasteiger partial charge in [-0.25, -0.2) is 9.97 Å². The third kappa shape index (κ3) is 5.59. The Kier molecular flexibility index (Phi) is 7.54. The van der Waals surface area contributed by atoms with Crippen molar-refractivity contribution in [2.45, 2.75) is 51.2 Å². The number of nitrogens with zero attached hydrogens (tertiary/aromatic N) is 3. The monoisotopic (exact) mass is 494 g/mol. The van der Waals surface area contributed by atoms with E-state index in [1.165, 1.54) is 11.8 Å². The van der Waals surface area contributed by atoms with Crippen molar-refractivity contribution in [2.24, 2.45) is 0 Å². The molecule has 176 valence electrons. The number of halogens is 1. The van der Waals surface area contributed by atoms with Crippen LogP contribution < -0.4 is 10.2 Å². The lowest BCUT2D eigenvalue weighted by molar-refractivity contribution is -0.119. The number of rotatable bonds is 7. The quantitative estimate of drug-likeness (QED) is 0.346. The Balaban J connectivity index is 1.43. The van der Waals surface area contributed by atoms with E-state index >= 15 is 0 Å². The second-order valence-corrected chi connectivity index (χ2v) is 9.57. The van der Waals surface area contributed by atoms with Crippen LogP contribution in [-0.2, 0) is 29.0 Å². The number of carbonyl (C=O) groups is 2. The van der Waals surface area contributed by atoms with Gasteiger partial charge in [-0.15, -0.1) is 0 Å². The van der Waals surface area contributed by atoms with E-state index < -0.39 is 0 Å². The molecule has 0 saturated heterocycles. The molecule has 8 heteroatoms. The van der Waals surface area contributed by atoms with Crippen molar-refractivity contribution < 1.29 is 9.59 Å². The number of fused-ring (bicyclic) bond motifs is 1. The molecular weight excluding hydrogens is 468 g/mol. The van der Waals surface area contributed by atoms with Crippen molar-refractivity contribution in [2.75, 3.05) is 16.5 Å². The second kappa shape index (κ2) is 10.6. The first-order valence-corrected chi connectivity index (χ1v) is 12.8. The summed E-state index contributed by atoms with van der Waals surface area (Å²) in [6.45, 7) is 4.41. The highest BCUT2D eigenvalue weighted by Gasteiger charge is 2.24. The Bertz CT molecular complexity index is 1210. The lowest BCUT2D eigenvalue weighted by atomic mass is 9.99. The van der Waals surface area contributed by atoms with Crippen molar-refractivity contribution in [3.05, 3.63) is 75.6 Å². The third-order valence-electron chi connectivity index (χ3n) is 6.00. The summed E-state index contributed by atoms with van der Waals surface area (Å²) in [7, 11) is 0. The first-order valence-electron chi connectivity index (χ1n) is 11.2. The van der Waals surface area contributed by atoms with E-state index in [1.54, 1.807) is 4.90 Å². The van der Waals surface area contributed by atoms with Gasteiger partial charge in [-0.05, 0) is 80.0 Å². The molecule has 2 aromatic carbocycles. The summed E-state index contributed by atoms with van der Waals surface area (Å²) in [5.41, 5.74) is 6.57. The molecule has 4 rings (SSSR count). The zero-order chi connectivity index (χ0) is 24.2. The van der Waals surface area contributed by atoms with Gasteiger partial charge in [0.05, 0.1) is 6.54 Å². The van der Waals surface area contributed by atoms with Gasteiger partial charge in [-0.1, -0.05) is 35.5 Å². The third-order valence-corrected chi connectivity index (χ3v) is 6.80. The zero-order valence-electron chi connectivity index (χ0n) is 19.5. The predicted molar refractivity (Wildman–Crippen MR) is 138 cm³/mol. The molecule has 1 aliphatic rings. The lowest BCUT2D eigenvalue weighted by Crippen LogP contribution is -2.34. The number of carbonyl (C=O) groups excluding carboxylic acids is 2. The molecule has 1 aliphatic heterocycles. The number of hydrogen-bond acceptors (Lipinski definition) is 5. The standard InChI is InChI=1S/C26H27ClN4O2S/c1-16-22(17(2)29-26(28-16)34-3)10-12-24(32)30-21-9-11-23-19(14-21)6-13-25(33)31(23)15-18-4-7-20(27)8-5-18/h4-5,7-9,11,14H,6,10,12-13,15H2,1-3H3,(H,30,32). The smallest absolute Gasteiger partial charge is 0.227 e. The Morgan fingerprint density at radius 2 is 1.79 bits per heavy atom. The van der Waals surface area contributed by atoms with Gasteiger partial charge in [-0.2, -0.15) is 0 Å². The number of benzene rings is 2. The minimum atomic E-state index is -0.0578. The first kappa shape index (κ1) is 24.2. The summed E-state index contributed by atoms with van der Waals surface area (Å²) in [5.74, 6) is 0.0392. The highest BCUT2D eigenvalue weighted by atomic mass is 35.5. The normalized spacial score (nSPS) is 13.1. The number of hydrogen-bond donors (Lipinski definition) is 1. The summed E-state index contributed by atoms with van der Waals surface area (Å²) >= 11 is 7.50. The highest BCUT2D eigenvalue weighted by Crippen LogP contribution is 2.32. The summed E-state index contributed by atoms with van der Waals surface area (Å²) in [5, 5.41) is 4.43. The zero-order valence-corrected chi connectivity index (χ0v) is 21.1. The van der Waals surface area contributed by atoms with E-state index in [0.717, 1.165) is 44.6 Å². The topological polar surface area (TPSA) is 75.2 Å². The molecule has 1 N–H and O–H groups in total. The second-order valence-electron chi connectivity index (χ2n) is 8.36. The van der Waals surface area contributed by atoms with Crippen molar-refractivity contribution in [1.29, 1.82) is 0 Å². The molecule has 0 bridgehead atoms. The summed E-state index contributed by atoms with van der Waals surface area (Å²) in [4.78, 5) is 36.1. The average molecular weight is 495 g/mol. The van der Waals surface area contributed by atoms with Crippen molar-refractivity contribution in [3.63, 3.8) is 0 Å². The molecule has 0 unspecified atom stereocenters. The van der Waals surface area contributed by atoms with Gasteiger partial charge in [0.25, 0.3) is 0 Å². The minimum Gasteiger partial charge on any atom is -0.326 e. The van der Waals surface area contributed by atoms with Gasteiger partial charge < -0.3 is 10.2 Å². The Morgan fingerprint density at radius 3 is 2.47 bits per heavy atom. The van der Waals surface area contributed by atoms with E-state index in [-0.39, 0.29) is 11.8 Å². The van der Waals surface area contributed by atoms with Crippen molar-refractivity contribution in [3.8, 4) is 0 Å². The van der Waals surface area contributed by atoms with Crippen LogP contribution in [0, 0.1) is 13.8 Å². The van der Waals surface area contributed by atoms with Crippen LogP contribution >= 0.6 is 23.4 Å². The van der Waals surface area contributed by atoms with Crippen LogP contribution in [0.3, 0.4) is 0 Å². The van der Waals surface area contributed by atoms with Crippen molar-refractivity contribution >= 4 is 46.6 Å². The molecule has 0 radical (unpaired) electrons. The summed E-state index contributed by atoms with van der Waals surface area (Å²) in [6.07, 6.45) is 4.00. The SMILES string of the molecule is CSc1nc(C)c(CCC(=O)Nc2ccc3c(c2)CCC(=O)N3Cc2ccc(Cl)cc2)c(C)n1. The minimum absolute atomic E-state index is 0.0578. The van der Waals surface area contributed by atoms with Crippen LogP contribution in [0.5, 0.6) is 0 Å². The van der Waals surface area contributed by atoms with Gasteiger partial charge in [-0.3, -0.25) is 9.59 Å². The van der Waals surface area contributed by atoms with E-state index in [0.29, 0.717) is 37.3 Å². The number of aryl methyl sites for hydroxylation is 3. The largest absolute Gasteiger partial charge is 0.326 e. The van der Waals surface area contributed by atoms with E-state index in [2.05, 4.69) is 15.3 Å². The highest BCUT2D eigenvalue weighted by molar-refractivity contribution is 7.98. The molecule has 0 aliphatic carbocycles. The molecular formula is C26H27ClN4O2S. The predicted octanol–water partition coefficient (Wildman–Crippen LogP) is 5.52. The first-order chi connectivity index (χ1) is 16.3. The molecule has 0 fully saturated rings. The molecule has 0 spiro atoms. The molecule has 34 heavy (non-hydrogen) atoms. The maximum atomic E-state index is 12.7. The van der Waals surface area contributed by atoms with Crippen LogP contribution in [0.25, 0.3) is 0 Å². The number of aromatic nitrogens is 2. The number of thioether (sulfide) groups is 1. The van der Waals surface area contributed by atoms with Gasteiger partial charge >= 0.3 is 0 Å². The molecule has 2 amide bonds. The van der Waals surface area contributed by atoms with Crippen LogP contribution in [-0.4, -0.2) is 28.0 Å². The van der Waals surface area contributed by atoms with Crippen LogP contribution in [0.4, 0.5) is 11.4 Å². The Hall–Kier alpha value is -2.90. The van der Waals surface area contributed by atoms with Crippen LogP contribution in [0.2, 0.25) is 5.02 Å². The fourth-order valence-corrected chi connectivity index (χ4v) is 4.79. The van der Waals surface area contributed by atoms with E-state index in [4.69, 9.17) is 11.6 Å². The van der Waals surface area contributed by atoms with Gasteiger partial charge in [0.15, 0.2) is 5.16 Å². The molecule has 2 heterocycles. The van der Waals surface area contributed by atoms with E-state index in [9.17, 15) is 9.59 Å².